The molecule has 0 N–H and O–H groups in total. The average molecular weight is 139 g/mol. The molecule has 0 unspecified atom stereocenters. The Labute approximate surface area is 62.5 Å². The zero-order chi connectivity index (χ0) is 7.82. The van der Waals surface area contributed by atoms with Crippen LogP contribution in [0, 0.1) is 11.8 Å². The average Bonchev–Trinajstić information content (AvgIpc) is 1.87. The van der Waals surface area contributed by atoms with Gasteiger partial charge in [0.25, 0.3) is 0 Å². The van der Waals surface area contributed by atoms with Crippen LogP contribution in [0.4, 0.5) is 0 Å². The van der Waals surface area contributed by atoms with E-state index in [9.17, 15) is 0 Å². The van der Waals surface area contributed by atoms with Gasteiger partial charge in [-0.05, 0) is 14.1 Å². The molecule has 0 fully saturated rings. The van der Waals surface area contributed by atoms with Gasteiger partial charge in [0.1, 0.15) is 0 Å². The van der Waals surface area contributed by atoms with E-state index in [0.29, 0.717) is 0 Å². The lowest BCUT2D eigenvalue weighted by molar-refractivity contribution is 0.338. The first-order valence-electron chi connectivity index (χ1n) is 3.08. The second-order valence-electron chi connectivity index (χ2n) is 2.10. The van der Waals surface area contributed by atoms with E-state index in [-0.39, 0.29) is 0 Å². The molecule has 10 heavy (non-hydrogen) atoms. The van der Waals surface area contributed by atoms with E-state index < -0.39 is 0 Å². The summed E-state index contributed by atoms with van der Waals surface area (Å²) in [6.45, 7) is 0.786. The van der Waals surface area contributed by atoms with Crippen molar-refractivity contribution in [2.24, 2.45) is 0 Å². The van der Waals surface area contributed by atoms with Gasteiger partial charge in [-0.3, -0.25) is 4.90 Å². The lowest BCUT2D eigenvalue weighted by Crippen LogP contribution is -2.10. The molecule has 0 aromatic rings. The Morgan fingerprint density at radius 1 is 1.50 bits per heavy atom. The minimum Gasteiger partial charge on any atom is -0.504 e. The van der Waals surface area contributed by atoms with Crippen LogP contribution in [0.25, 0.3) is 0 Å². The summed E-state index contributed by atoms with van der Waals surface area (Å²) in [5.41, 5.74) is 0. The van der Waals surface area contributed by atoms with Crippen LogP contribution in [0.1, 0.15) is 0 Å². The van der Waals surface area contributed by atoms with Gasteiger partial charge < -0.3 is 4.74 Å². The maximum atomic E-state index is 4.65. The first-order chi connectivity index (χ1) is 4.77. The zero-order valence-corrected chi connectivity index (χ0v) is 6.72. The van der Waals surface area contributed by atoms with Crippen LogP contribution in [-0.2, 0) is 4.74 Å². The highest BCUT2D eigenvalue weighted by molar-refractivity contribution is 5.14. The summed E-state index contributed by atoms with van der Waals surface area (Å²) in [5, 5.41) is 0. The molecule has 0 heterocycles. The Kier molecular flexibility index (Phi) is 5.60. The van der Waals surface area contributed by atoms with Gasteiger partial charge in [-0.25, -0.2) is 0 Å². The molecule has 0 aliphatic rings. The van der Waals surface area contributed by atoms with Crippen LogP contribution in [0.3, 0.4) is 0 Å². The summed E-state index contributed by atoms with van der Waals surface area (Å²) < 4.78 is 4.65. The number of ether oxygens (including phenoxy) is 1. The van der Waals surface area contributed by atoms with E-state index >= 15 is 0 Å². The number of hydrogen-bond acceptors (Lipinski definition) is 2. The predicted molar refractivity (Wildman–Crippen MR) is 42.5 cm³/mol. The third-order valence-electron chi connectivity index (χ3n) is 0.785. The predicted octanol–water partition coefficient (Wildman–Crippen LogP) is 0.712. The van der Waals surface area contributed by atoms with Gasteiger partial charge in [-0.2, -0.15) is 0 Å². The maximum Gasteiger partial charge on any atom is 0.0908 e. The molecule has 0 bridgehead atoms. The van der Waals surface area contributed by atoms with E-state index in [0.717, 1.165) is 6.54 Å². The third kappa shape index (κ3) is 7.06. The second-order valence-corrected chi connectivity index (χ2v) is 2.10. The lowest BCUT2D eigenvalue weighted by Gasteiger charge is -2.00. The van der Waals surface area contributed by atoms with Crippen LogP contribution in [0.2, 0.25) is 0 Å². The fourth-order valence-corrected chi connectivity index (χ4v) is 0.365. The summed E-state index contributed by atoms with van der Waals surface area (Å²) in [6, 6.07) is 0. The normalized spacial score (nSPS) is 9.60. The second kappa shape index (κ2) is 6.18. The van der Waals surface area contributed by atoms with Gasteiger partial charge in [0, 0.05) is 6.08 Å². The maximum absolute atomic E-state index is 4.65. The van der Waals surface area contributed by atoms with Crippen molar-refractivity contribution in [3.63, 3.8) is 0 Å². The summed E-state index contributed by atoms with van der Waals surface area (Å²) in [5.74, 6) is 5.75. The fourth-order valence-electron chi connectivity index (χ4n) is 0.365. The molecule has 0 atom stereocenters. The number of allylic oxidation sites excluding steroid dienone is 1. The minimum absolute atomic E-state index is 0.786. The summed E-state index contributed by atoms with van der Waals surface area (Å²) in [6.07, 6.45) is 3.24. The van der Waals surface area contributed by atoms with Crippen molar-refractivity contribution in [1.82, 2.24) is 4.90 Å². The molecule has 0 radical (unpaired) electrons. The Morgan fingerprint density at radius 2 is 2.20 bits per heavy atom. The Morgan fingerprint density at radius 3 is 2.70 bits per heavy atom. The van der Waals surface area contributed by atoms with Crippen LogP contribution < -0.4 is 0 Å². The molecular weight excluding hydrogens is 126 g/mol. The first kappa shape index (κ1) is 9.06. The monoisotopic (exact) mass is 139 g/mol. The van der Waals surface area contributed by atoms with Crippen LogP contribution in [-0.4, -0.2) is 32.6 Å². The molecular formula is C8H13NO. The molecule has 2 nitrogen and oxygen atoms in total. The van der Waals surface area contributed by atoms with Gasteiger partial charge in [0.05, 0.1) is 19.9 Å². The molecule has 0 amide bonds. The number of methoxy groups -OCH3 is 1. The summed E-state index contributed by atoms with van der Waals surface area (Å²) >= 11 is 0. The van der Waals surface area contributed by atoms with E-state index in [1.165, 1.54) is 0 Å². The molecule has 0 aliphatic carbocycles. The molecule has 0 aliphatic heterocycles. The molecule has 0 saturated heterocycles. The van der Waals surface area contributed by atoms with Crippen LogP contribution in [0.5, 0.6) is 0 Å². The molecule has 0 rings (SSSR count). The highest BCUT2D eigenvalue weighted by Crippen LogP contribution is 1.71. The Bertz CT molecular complexity index is 150. The molecule has 0 aromatic heterocycles. The van der Waals surface area contributed by atoms with E-state index in [1.54, 1.807) is 19.4 Å². The van der Waals surface area contributed by atoms with Crippen molar-refractivity contribution in [3.05, 3.63) is 12.3 Å². The number of rotatable bonds is 2. The molecule has 0 aromatic carbocycles. The van der Waals surface area contributed by atoms with Crippen molar-refractivity contribution in [3.8, 4) is 11.8 Å². The smallest absolute Gasteiger partial charge is 0.0908 e. The van der Waals surface area contributed by atoms with Crippen molar-refractivity contribution in [2.45, 2.75) is 0 Å². The lowest BCUT2D eigenvalue weighted by atomic mass is 10.5. The molecule has 0 spiro atoms. The van der Waals surface area contributed by atoms with Crippen molar-refractivity contribution in [2.75, 3.05) is 27.7 Å². The van der Waals surface area contributed by atoms with Crippen LogP contribution >= 0.6 is 0 Å². The largest absolute Gasteiger partial charge is 0.504 e. The summed E-state index contributed by atoms with van der Waals surface area (Å²) in [7, 11) is 5.56. The minimum atomic E-state index is 0.786. The van der Waals surface area contributed by atoms with Crippen LogP contribution in [0.15, 0.2) is 12.3 Å². The van der Waals surface area contributed by atoms with E-state index in [1.807, 2.05) is 19.0 Å². The number of nitrogens with zero attached hydrogens (tertiary/aromatic N) is 1. The quantitative estimate of drug-likeness (QED) is 0.412. The van der Waals surface area contributed by atoms with Gasteiger partial charge >= 0.3 is 0 Å². The topological polar surface area (TPSA) is 12.5 Å². The Hall–Kier alpha value is -0.940. The van der Waals surface area contributed by atoms with Crippen molar-refractivity contribution >= 4 is 0 Å². The highest BCUT2D eigenvalue weighted by Gasteiger charge is 1.77. The SMILES string of the molecule is CO/C=C/C#CCN(C)C. The Balaban J connectivity index is 3.40. The van der Waals surface area contributed by atoms with Gasteiger partial charge in [0.2, 0.25) is 0 Å². The molecule has 2 heteroatoms. The van der Waals surface area contributed by atoms with Crippen molar-refractivity contribution < 1.29 is 4.74 Å². The fraction of sp³-hybridized carbons (Fsp3) is 0.500. The first-order valence-corrected chi connectivity index (χ1v) is 3.08. The zero-order valence-electron chi connectivity index (χ0n) is 6.72. The molecule has 56 valence electrons. The van der Waals surface area contributed by atoms with Gasteiger partial charge in [-0.15, -0.1) is 0 Å². The van der Waals surface area contributed by atoms with E-state index in [4.69, 9.17) is 0 Å². The van der Waals surface area contributed by atoms with Crippen molar-refractivity contribution in [1.29, 1.82) is 0 Å². The standard InChI is InChI=1S/C8H13NO/c1-9(2)7-5-4-6-8-10-3/h6,8H,7H2,1-3H3/b8-6+. The van der Waals surface area contributed by atoms with Gasteiger partial charge in [-0.1, -0.05) is 11.8 Å². The van der Waals surface area contributed by atoms with Gasteiger partial charge in [0.15, 0.2) is 0 Å². The highest BCUT2D eigenvalue weighted by atomic mass is 16.5. The van der Waals surface area contributed by atoms with E-state index in [2.05, 4.69) is 16.6 Å². The summed E-state index contributed by atoms with van der Waals surface area (Å²) in [4.78, 5) is 2.01. The molecule has 0 saturated carbocycles. The number of hydrogen-bond donors (Lipinski definition) is 0. The third-order valence-corrected chi connectivity index (χ3v) is 0.785.